The maximum Gasteiger partial charge on any atom is 0.140 e. The van der Waals surface area contributed by atoms with Crippen LogP contribution in [0.25, 0.3) is 0 Å². The molecule has 8 heavy (non-hydrogen) atoms. The minimum atomic E-state index is 0.491. The Balaban J connectivity index is 2.22. The first-order valence-electron chi connectivity index (χ1n) is 3.10. The Morgan fingerprint density at radius 1 is 1.88 bits per heavy atom. The molecule has 1 saturated heterocycles. The third kappa shape index (κ3) is 1.42. The van der Waals surface area contributed by atoms with Crippen molar-refractivity contribution in [2.75, 3.05) is 5.75 Å². The van der Waals surface area contributed by atoms with Crippen molar-refractivity contribution < 1.29 is 4.74 Å². The van der Waals surface area contributed by atoms with E-state index in [9.17, 15) is 0 Å². The first-order chi connectivity index (χ1) is 3.83. The zero-order valence-corrected chi connectivity index (χ0v) is 6.20. The van der Waals surface area contributed by atoms with Crippen LogP contribution in [-0.4, -0.2) is 25.0 Å². The summed E-state index contributed by atoms with van der Waals surface area (Å²) >= 11 is 1.93. The van der Waals surface area contributed by atoms with Gasteiger partial charge >= 0.3 is 0 Å². The van der Waals surface area contributed by atoms with Gasteiger partial charge in [-0.25, -0.2) is 0 Å². The van der Waals surface area contributed by atoms with Crippen LogP contribution in [0.1, 0.15) is 13.3 Å². The van der Waals surface area contributed by atoms with Crippen molar-refractivity contribution in [1.29, 1.82) is 0 Å². The molecule has 2 unspecified atom stereocenters. The Morgan fingerprint density at radius 3 is 2.88 bits per heavy atom. The average molecular weight is 130 g/mol. The molecule has 0 spiro atoms. The highest BCUT2D eigenvalue weighted by molar-refractivity contribution is 8.00. The fraction of sp³-hybridized carbons (Fsp3) is 1.00. The van der Waals surface area contributed by atoms with Crippen molar-refractivity contribution in [2.24, 2.45) is 0 Å². The summed E-state index contributed by atoms with van der Waals surface area (Å²) in [5.74, 6) is 1.18. The molecule has 0 amide bonds. The molecule has 1 heterocycles. The summed E-state index contributed by atoms with van der Waals surface area (Å²) in [5, 5.41) is 0. The number of rotatable bonds is 1. The molecule has 1 fully saturated rings. The molecule has 0 aromatic heterocycles. The lowest BCUT2D eigenvalue weighted by Crippen LogP contribution is -2.10. The summed E-state index contributed by atoms with van der Waals surface area (Å²) in [4.78, 5) is 0. The molecule has 0 aromatic carbocycles. The Bertz CT molecular complexity index is 78.8. The van der Waals surface area contributed by atoms with Gasteiger partial charge in [0.05, 0.1) is 0 Å². The molecular formula is C5H11BOS. The minimum absolute atomic E-state index is 0.491. The van der Waals surface area contributed by atoms with Gasteiger partial charge in [0, 0.05) is 11.8 Å². The lowest BCUT2D eigenvalue weighted by Gasteiger charge is -2.04. The fourth-order valence-electron chi connectivity index (χ4n) is 0.795. The zero-order valence-electron chi connectivity index (χ0n) is 5.39. The normalized spacial score (nSPS) is 38.1. The lowest BCUT2D eigenvalue weighted by molar-refractivity contribution is 0.114. The van der Waals surface area contributed by atoms with Crippen molar-refractivity contribution in [3.8, 4) is 0 Å². The Morgan fingerprint density at radius 2 is 2.62 bits per heavy atom. The summed E-state index contributed by atoms with van der Waals surface area (Å²) in [6.07, 6.45) is 1.15. The first kappa shape index (κ1) is 6.49. The van der Waals surface area contributed by atoms with Gasteiger partial charge in [-0.3, -0.25) is 0 Å². The van der Waals surface area contributed by atoms with Gasteiger partial charge in [0.2, 0.25) is 0 Å². The Kier molecular flexibility index (Phi) is 2.26. The van der Waals surface area contributed by atoms with E-state index in [0.717, 1.165) is 6.42 Å². The fourth-order valence-corrected chi connectivity index (χ4v) is 1.86. The third-order valence-corrected chi connectivity index (χ3v) is 2.71. The largest absolute Gasteiger partial charge is 0.373 e. The number of hydrogen-bond donors (Lipinski definition) is 0. The lowest BCUT2D eigenvalue weighted by atomic mass is 10.0. The minimum Gasteiger partial charge on any atom is -0.373 e. The molecule has 0 radical (unpaired) electrons. The van der Waals surface area contributed by atoms with Crippen LogP contribution in [0.2, 0.25) is 0 Å². The molecule has 0 aliphatic carbocycles. The molecule has 2 atom stereocenters. The maximum absolute atomic E-state index is 5.47. The SMILES string of the molecule is BC1CSC(CC)O1. The molecule has 0 N–H and O–H groups in total. The molecule has 3 heteroatoms. The van der Waals surface area contributed by atoms with Gasteiger partial charge in [0.15, 0.2) is 0 Å². The highest BCUT2D eigenvalue weighted by Crippen LogP contribution is 2.25. The number of thioether (sulfide) groups is 1. The van der Waals surface area contributed by atoms with E-state index in [1.165, 1.54) is 5.75 Å². The molecule has 1 rings (SSSR count). The van der Waals surface area contributed by atoms with Gasteiger partial charge in [0.1, 0.15) is 13.3 Å². The second kappa shape index (κ2) is 2.78. The number of hydrogen-bond acceptors (Lipinski definition) is 2. The maximum atomic E-state index is 5.47. The van der Waals surface area contributed by atoms with E-state index in [-0.39, 0.29) is 0 Å². The van der Waals surface area contributed by atoms with E-state index >= 15 is 0 Å². The van der Waals surface area contributed by atoms with Crippen LogP contribution >= 0.6 is 11.8 Å². The topological polar surface area (TPSA) is 9.23 Å². The average Bonchev–Trinajstić information content (AvgIpc) is 2.14. The third-order valence-electron chi connectivity index (χ3n) is 1.23. The van der Waals surface area contributed by atoms with Gasteiger partial charge in [0.25, 0.3) is 0 Å². The van der Waals surface area contributed by atoms with Crippen molar-refractivity contribution >= 4 is 19.6 Å². The van der Waals surface area contributed by atoms with Gasteiger partial charge in [-0.05, 0) is 6.42 Å². The smallest absolute Gasteiger partial charge is 0.140 e. The van der Waals surface area contributed by atoms with Crippen LogP contribution in [0.4, 0.5) is 0 Å². The summed E-state index contributed by atoms with van der Waals surface area (Å²) in [6, 6.07) is 0.491. The molecule has 46 valence electrons. The number of ether oxygens (including phenoxy) is 1. The van der Waals surface area contributed by atoms with Gasteiger partial charge in [-0.2, -0.15) is 0 Å². The van der Waals surface area contributed by atoms with Gasteiger partial charge in [-0.15, -0.1) is 11.8 Å². The summed E-state index contributed by atoms with van der Waals surface area (Å²) in [6.45, 7) is 2.16. The standard InChI is InChI=1S/C5H11BOS/c1-2-5-7-4(6)3-8-5/h4-5H,2-3,6H2,1H3. The Labute approximate surface area is 55.6 Å². The molecular weight excluding hydrogens is 119 g/mol. The monoisotopic (exact) mass is 130 g/mol. The van der Waals surface area contributed by atoms with Crippen LogP contribution in [-0.2, 0) is 4.74 Å². The van der Waals surface area contributed by atoms with Gasteiger partial charge in [-0.1, -0.05) is 6.92 Å². The quantitative estimate of drug-likeness (QED) is 0.476. The predicted octanol–water partition coefficient (Wildman–Crippen LogP) is 0.445. The summed E-state index contributed by atoms with van der Waals surface area (Å²) in [7, 11) is 2.13. The van der Waals surface area contributed by atoms with E-state index in [1.54, 1.807) is 0 Å². The second-order valence-electron chi connectivity index (χ2n) is 2.12. The summed E-state index contributed by atoms with van der Waals surface area (Å²) in [5.41, 5.74) is 0.491. The predicted molar refractivity (Wildman–Crippen MR) is 40.0 cm³/mol. The summed E-state index contributed by atoms with van der Waals surface area (Å²) < 4.78 is 5.47. The van der Waals surface area contributed by atoms with Crippen LogP contribution in [0.3, 0.4) is 0 Å². The molecule has 1 aliphatic rings. The van der Waals surface area contributed by atoms with E-state index < -0.39 is 0 Å². The highest BCUT2D eigenvalue weighted by atomic mass is 32.2. The van der Waals surface area contributed by atoms with Gasteiger partial charge < -0.3 is 4.74 Å². The zero-order chi connectivity index (χ0) is 5.98. The van der Waals surface area contributed by atoms with E-state index in [2.05, 4.69) is 14.8 Å². The Hall–Kier alpha value is 0.375. The molecule has 0 bridgehead atoms. The van der Waals surface area contributed by atoms with Crippen LogP contribution < -0.4 is 0 Å². The van der Waals surface area contributed by atoms with Crippen LogP contribution in [0, 0.1) is 0 Å². The molecule has 0 saturated carbocycles. The highest BCUT2D eigenvalue weighted by Gasteiger charge is 2.19. The first-order valence-corrected chi connectivity index (χ1v) is 4.15. The van der Waals surface area contributed by atoms with Crippen LogP contribution in [0.5, 0.6) is 0 Å². The van der Waals surface area contributed by atoms with Crippen molar-refractivity contribution in [2.45, 2.75) is 24.8 Å². The molecule has 1 nitrogen and oxygen atoms in total. The van der Waals surface area contributed by atoms with E-state index in [0.29, 0.717) is 11.4 Å². The second-order valence-corrected chi connectivity index (χ2v) is 3.31. The van der Waals surface area contributed by atoms with Crippen molar-refractivity contribution in [3.63, 3.8) is 0 Å². The van der Waals surface area contributed by atoms with Crippen molar-refractivity contribution in [3.05, 3.63) is 0 Å². The van der Waals surface area contributed by atoms with Crippen LogP contribution in [0.15, 0.2) is 0 Å². The van der Waals surface area contributed by atoms with E-state index in [4.69, 9.17) is 4.74 Å². The van der Waals surface area contributed by atoms with Crippen molar-refractivity contribution in [1.82, 2.24) is 0 Å². The molecule has 0 aromatic rings. The molecule has 1 aliphatic heterocycles. The van der Waals surface area contributed by atoms with E-state index in [1.807, 2.05) is 11.8 Å².